The summed E-state index contributed by atoms with van der Waals surface area (Å²) in [6.07, 6.45) is 0. The van der Waals surface area contributed by atoms with Gasteiger partial charge in [-0.1, -0.05) is 0 Å². The van der Waals surface area contributed by atoms with Crippen molar-refractivity contribution in [3.8, 4) is 0 Å². The molecule has 0 spiro atoms. The van der Waals surface area contributed by atoms with Crippen LogP contribution in [-0.2, 0) is 6.54 Å². The molecule has 1 aliphatic heterocycles. The predicted molar refractivity (Wildman–Crippen MR) is 66.4 cm³/mol. The van der Waals surface area contributed by atoms with Crippen molar-refractivity contribution in [3.05, 3.63) is 28.3 Å². The summed E-state index contributed by atoms with van der Waals surface area (Å²) in [7, 11) is 0. The first kappa shape index (κ1) is 12.0. The van der Waals surface area contributed by atoms with Gasteiger partial charge in [-0.2, -0.15) is 0 Å². The molecule has 0 amide bonds. The van der Waals surface area contributed by atoms with Crippen LogP contribution in [0.2, 0.25) is 0 Å². The van der Waals surface area contributed by atoms with Gasteiger partial charge in [-0.25, -0.2) is 9.37 Å². The van der Waals surface area contributed by atoms with E-state index in [0.29, 0.717) is 28.0 Å². The summed E-state index contributed by atoms with van der Waals surface area (Å²) in [4.78, 5) is 6.34. The van der Waals surface area contributed by atoms with E-state index in [9.17, 15) is 8.78 Å². The van der Waals surface area contributed by atoms with Crippen molar-refractivity contribution in [3.63, 3.8) is 0 Å². The molecule has 1 fully saturated rings. The van der Waals surface area contributed by atoms with Crippen LogP contribution in [-0.4, -0.2) is 29.6 Å². The highest BCUT2D eigenvalue weighted by molar-refractivity contribution is 9.10. The molecular weight excluding hydrogens is 306 g/mol. The minimum Gasteiger partial charge on any atom is -0.439 e. The molecule has 0 aliphatic carbocycles. The Morgan fingerprint density at radius 1 is 1.44 bits per heavy atom. The molecule has 1 aliphatic rings. The van der Waals surface area contributed by atoms with Crippen molar-refractivity contribution in [2.75, 3.05) is 19.8 Å². The minimum atomic E-state index is -0.369. The van der Waals surface area contributed by atoms with Gasteiger partial charge in [0.25, 0.3) is 0 Å². The Balaban J connectivity index is 1.77. The SMILES string of the molecule is FCC1CN(Cc2nc3cc(Br)c(F)cc3o2)C1. The molecule has 3 nitrogen and oxygen atoms in total. The maximum Gasteiger partial charge on any atom is 0.209 e. The number of nitrogens with zero attached hydrogens (tertiary/aromatic N) is 2. The van der Waals surface area contributed by atoms with Gasteiger partial charge in [-0.05, 0) is 22.0 Å². The summed E-state index contributed by atoms with van der Waals surface area (Å²) in [5.41, 5.74) is 1.06. The molecule has 1 aromatic carbocycles. The number of rotatable bonds is 3. The van der Waals surface area contributed by atoms with Crippen LogP contribution in [0.25, 0.3) is 11.1 Å². The molecule has 0 N–H and O–H groups in total. The van der Waals surface area contributed by atoms with E-state index in [1.807, 2.05) is 0 Å². The molecule has 2 heterocycles. The average Bonchev–Trinajstić information content (AvgIpc) is 2.65. The van der Waals surface area contributed by atoms with Gasteiger partial charge < -0.3 is 4.42 Å². The Bertz CT molecular complexity index is 542. The number of halogens is 3. The third-order valence-corrected chi connectivity index (χ3v) is 3.69. The summed E-state index contributed by atoms with van der Waals surface area (Å²) in [5, 5.41) is 0. The van der Waals surface area contributed by atoms with Crippen molar-refractivity contribution in [2.45, 2.75) is 6.54 Å². The van der Waals surface area contributed by atoms with Crippen LogP contribution in [0.3, 0.4) is 0 Å². The highest BCUT2D eigenvalue weighted by atomic mass is 79.9. The molecule has 6 heteroatoms. The molecule has 1 aromatic heterocycles. The minimum absolute atomic E-state index is 0.140. The fourth-order valence-corrected chi connectivity index (χ4v) is 2.47. The number of fused-ring (bicyclic) bond motifs is 1. The number of likely N-dealkylation sites (tertiary alicyclic amines) is 1. The first-order valence-electron chi connectivity index (χ1n) is 5.68. The summed E-state index contributed by atoms with van der Waals surface area (Å²) >= 11 is 3.11. The van der Waals surface area contributed by atoms with Crippen LogP contribution >= 0.6 is 15.9 Å². The lowest BCUT2D eigenvalue weighted by Gasteiger charge is -2.36. The second kappa shape index (κ2) is 4.59. The first-order chi connectivity index (χ1) is 8.65. The van der Waals surface area contributed by atoms with Crippen LogP contribution in [0.15, 0.2) is 21.0 Å². The number of benzene rings is 1. The number of hydrogen-bond acceptors (Lipinski definition) is 3. The zero-order valence-electron chi connectivity index (χ0n) is 9.50. The van der Waals surface area contributed by atoms with E-state index >= 15 is 0 Å². The van der Waals surface area contributed by atoms with Gasteiger partial charge in [0.1, 0.15) is 11.3 Å². The Morgan fingerprint density at radius 2 is 2.22 bits per heavy atom. The fourth-order valence-electron chi connectivity index (χ4n) is 2.13. The van der Waals surface area contributed by atoms with Gasteiger partial charge in [-0.15, -0.1) is 0 Å². The van der Waals surface area contributed by atoms with E-state index in [1.54, 1.807) is 6.07 Å². The second-order valence-corrected chi connectivity index (χ2v) is 5.41. The number of hydrogen-bond donors (Lipinski definition) is 0. The van der Waals surface area contributed by atoms with Crippen molar-refractivity contribution in [1.29, 1.82) is 0 Å². The second-order valence-electron chi connectivity index (χ2n) is 4.56. The molecule has 3 rings (SSSR count). The lowest BCUT2D eigenvalue weighted by atomic mass is 10.0. The number of alkyl halides is 1. The van der Waals surface area contributed by atoms with Crippen LogP contribution in [0.4, 0.5) is 8.78 Å². The van der Waals surface area contributed by atoms with E-state index < -0.39 is 0 Å². The largest absolute Gasteiger partial charge is 0.439 e. The monoisotopic (exact) mass is 316 g/mol. The maximum atomic E-state index is 13.3. The Labute approximate surface area is 111 Å². The average molecular weight is 317 g/mol. The van der Waals surface area contributed by atoms with Crippen molar-refractivity contribution in [2.24, 2.45) is 5.92 Å². The molecule has 0 saturated carbocycles. The standard InChI is InChI=1S/C12H11BrF2N2O/c13-8-1-10-11(2-9(8)15)18-12(16-10)6-17-4-7(3-14)5-17/h1-2,7H,3-6H2. The van der Waals surface area contributed by atoms with Crippen LogP contribution < -0.4 is 0 Å². The molecule has 0 atom stereocenters. The Morgan fingerprint density at radius 3 is 2.94 bits per heavy atom. The molecule has 1 saturated heterocycles. The Kier molecular flexibility index (Phi) is 3.07. The molecule has 0 unspecified atom stereocenters. The van der Waals surface area contributed by atoms with E-state index in [2.05, 4.69) is 25.8 Å². The van der Waals surface area contributed by atoms with Gasteiger partial charge >= 0.3 is 0 Å². The zero-order valence-corrected chi connectivity index (χ0v) is 11.1. The van der Waals surface area contributed by atoms with Crippen molar-refractivity contribution < 1.29 is 13.2 Å². The fraction of sp³-hybridized carbons (Fsp3) is 0.417. The molecule has 0 bridgehead atoms. The van der Waals surface area contributed by atoms with Gasteiger partial charge in [-0.3, -0.25) is 9.29 Å². The van der Waals surface area contributed by atoms with E-state index in [4.69, 9.17) is 4.42 Å². The van der Waals surface area contributed by atoms with Crippen LogP contribution in [0.1, 0.15) is 5.89 Å². The van der Waals surface area contributed by atoms with Gasteiger partial charge in [0.15, 0.2) is 5.58 Å². The normalized spacial score (nSPS) is 17.3. The smallest absolute Gasteiger partial charge is 0.209 e. The molecule has 18 heavy (non-hydrogen) atoms. The summed E-state index contributed by atoms with van der Waals surface area (Å²) in [5.74, 6) is 0.312. The van der Waals surface area contributed by atoms with Gasteiger partial charge in [0.2, 0.25) is 5.89 Å². The van der Waals surface area contributed by atoms with Crippen molar-refractivity contribution in [1.82, 2.24) is 9.88 Å². The molecule has 96 valence electrons. The highest BCUT2D eigenvalue weighted by Crippen LogP contribution is 2.25. The lowest BCUT2D eigenvalue weighted by Crippen LogP contribution is -2.46. The maximum absolute atomic E-state index is 13.3. The number of oxazole rings is 1. The topological polar surface area (TPSA) is 29.3 Å². The third-order valence-electron chi connectivity index (χ3n) is 3.08. The zero-order chi connectivity index (χ0) is 12.7. The van der Waals surface area contributed by atoms with Crippen LogP contribution in [0, 0.1) is 11.7 Å². The summed E-state index contributed by atoms with van der Waals surface area (Å²) in [6.45, 7) is 1.73. The first-order valence-corrected chi connectivity index (χ1v) is 6.48. The Hall–Kier alpha value is -1.01. The lowest BCUT2D eigenvalue weighted by molar-refractivity contribution is 0.0661. The summed E-state index contributed by atoms with van der Waals surface area (Å²) in [6, 6.07) is 2.91. The van der Waals surface area contributed by atoms with Gasteiger partial charge in [0, 0.05) is 25.1 Å². The van der Waals surface area contributed by atoms with E-state index in [1.165, 1.54) is 6.07 Å². The van der Waals surface area contributed by atoms with Gasteiger partial charge in [0.05, 0.1) is 17.7 Å². The quantitative estimate of drug-likeness (QED) is 0.871. The highest BCUT2D eigenvalue weighted by Gasteiger charge is 2.27. The van der Waals surface area contributed by atoms with E-state index in [0.717, 1.165) is 13.1 Å². The molecule has 0 radical (unpaired) electrons. The van der Waals surface area contributed by atoms with Crippen molar-refractivity contribution >= 4 is 27.0 Å². The molecule has 2 aromatic rings. The van der Waals surface area contributed by atoms with Crippen LogP contribution in [0.5, 0.6) is 0 Å². The molecular formula is C12H11BrF2N2O. The summed E-state index contributed by atoms with van der Waals surface area (Å²) < 4.78 is 31.4. The van der Waals surface area contributed by atoms with E-state index in [-0.39, 0.29) is 18.4 Å². The number of aromatic nitrogens is 1. The third kappa shape index (κ3) is 2.14. The predicted octanol–water partition coefficient (Wildman–Crippen LogP) is 3.13.